The van der Waals surface area contributed by atoms with Crippen LogP contribution in [0.4, 0.5) is 20.6 Å². The predicted molar refractivity (Wildman–Crippen MR) is 123 cm³/mol. The Hall–Kier alpha value is -3.35. The molecule has 4 rings (SSSR count). The summed E-state index contributed by atoms with van der Waals surface area (Å²) in [5, 5.41) is 11.8. The van der Waals surface area contributed by atoms with E-state index in [4.69, 9.17) is 4.74 Å². The highest BCUT2D eigenvalue weighted by atomic mass is 19.1. The van der Waals surface area contributed by atoms with Gasteiger partial charge in [-0.25, -0.2) is 9.18 Å². The molecule has 3 amide bonds. The first-order valence-electron chi connectivity index (χ1n) is 11.8. The number of ether oxygens (including phenoxy) is 1. The number of nitrogens with zero attached hydrogens (tertiary/aromatic N) is 4. The Bertz CT molecular complexity index is 988. The van der Waals surface area contributed by atoms with Gasteiger partial charge in [-0.2, -0.15) is 5.26 Å². The molecule has 3 aliphatic rings. The van der Waals surface area contributed by atoms with Gasteiger partial charge in [-0.3, -0.25) is 14.5 Å². The molecule has 0 radical (unpaired) electrons. The molecule has 3 fully saturated rings. The average molecular weight is 472 g/mol. The third-order valence-corrected chi connectivity index (χ3v) is 6.84. The monoisotopic (exact) mass is 471 g/mol. The molecule has 0 saturated carbocycles. The van der Waals surface area contributed by atoms with E-state index < -0.39 is 18.0 Å². The summed E-state index contributed by atoms with van der Waals surface area (Å²) in [6.45, 7) is 3.78. The third-order valence-electron chi connectivity index (χ3n) is 6.84. The van der Waals surface area contributed by atoms with Crippen LogP contribution in [0.2, 0.25) is 0 Å². The fraction of sp³-hybridized carbons (Fsp3) is 0.583. The van der Waals surface area contributed by atoms with Crippen LogP contribution in [-0.4, -0.2) is 67.7 Å². The minimum atomic E-state index is -0.565. The van der Waals surface area contributed by atoms with Gasteiger partial charge in [-0.15, -0.1) is 0 Å². The molecule has 1 aromatic carbocycles. The van der Waals surface area contributed by atoms with E-state index in [1.165, 1.54) is 17.9 Å². The van der Waals surface area contributed by atoms with Crippen LogP contribution < -0.4 is 15.1 Å². The molecule has 10 heteroatoms. The molecule has 0 spiro atoms. The van der Waals surface area contributed by atoms with Crippen LogP contribution in [0.25, 0.3) is 0 Å². The van der Waals surface area contributed by atoms with Crippen molar-refractivity contribution >= 4 is 29.3 Å². The molecule has 0 unspecified atom stereocenters. The number of nitrogens with one attached hydrogen (secondary N) is 1. The van der Waals surface area contributed by atoms with E-state index in [0.717, 1.165) is 25.7 Å². The molecule has 1 aromatic rings. The Morgan fingerprint density at radius 2 is 2.00 bits per heavy atom. The SMILES string of the molecule is CC(=O)NC[C@H]1CN(c2ccc(N3CCC(CC(=O)N4CCC[C@H]4C#N)CC3)c(F)c2)C(=O)O1. The number of cyclic esters (lactones) is 1. The number of amides is 3. The summed E-state index contributed by atoms with van der Waals surface area (Å²) >= 11 is 0. The maximum absolute atomic E-state index is 15.0. The zero-order valence-electron chi connectivity index (χ0n) is 19.3. The molecular weight excluding hydrogens is 441 g/mol. The minimum absolute atomic E-state index is 0.0485. The second kappa shape index (κ2) is 10.3. The molecule has 1 N–H and O–H groups in total. The number of anilines is 2. The van der Waals surface area contributed by atoms with E-state index in [-0.39, 0.29) is 36.9 Å². The summed E-state index contributed by atoms with van der Waals surface area (Å²) < 4.78 is 20.2. The highest BCUT2D eigenvalue weighted by Gasteiger charge is 2.34. The molecule has 0 aromatic heterocycles. The first-order chi connectivity index (χ1) is 16.4. The molecular formula is C24H30FN5O4. The Morgan fingerprint density at radius 3 is 2.68 bits per heavy atom. The molecule has 9 nitrogen and oxygen atoms in total. The summed E-state index contributed by atoms with van der Waals surface area (Å²) in [7, 11) is 0. The van der Waals surface area contributed by atoms with Crippen LogP contribution in [0.1, 0.15) is 39.0 Å². The second-order valence-corrected chi connectivity index (χ2v) is 9.20. The number of rotatable bonds is 6. The van der Waals surface area contributed by atoms with Crippen LogP contribution in [0.15, 0.2) is 18.2 Å². The standard InChI is InChI=1S/C24H30FN5O4/c1-16(31)27-14-20-15-30(24(33)34-20)18-4-5-22(21(25)12-18)28-9-6-17(7-10-28)11-23(32)29-8-2-3-19(29)13-26/h4-5,12,17,19-20H,2-3,6-11,14-15H2,1H3,(H,27,31)/t19-,20-/m0/s1. The van der Waals surface area contributed by atoms with Crippen molar-refractivity contribution in [2.45, 2.75) is 51.2 Å². The van der Waals surface area contributed by atoms with Gasteiger partial charge in [0.1, 0.15) is 18.0 Å². The molecule has 3 saturated heterocycles. The number of halogens is 1. The van der Waals surface area contributed by atoms with Gasteiger partial charge in [0.15, 0.2) is 0 Å². The van der Waals surface area contributed by atoms with E-state index in [2.05, 4.69) is 11.4 Å². The second-order valence-electron chi connectivity index (χ2n) is 9.20. The number of piperidine rings is 1. The van der Waals surface area contributed by atoms with Crippen LogP contribution >= 0.6 is 0 Å². The first-order valence-corrected chi connectivity index (χ1v) is 11.8. The number of carbonyl (C=O) groups excluding carboxylic acids is 3. The van der Waals surface area contributed by atoms with Crippen LogP contribution in [0.3, 0.4) is 0 Å². The van der Waals surface area contributed by atoms with Gasteiger partial charge in [-0.1, -0.05) is 0 Å². The number of hydrogen-bond acceptors (Lipinski definition) is 6. The zero-order chi connectivity index (χ0) is 24.2. The van der Waals surface area contributed by atoms with Gasteiger partial charge in [-0.05, 0) is 49.8 Å². The third kappa shape index (κ3) is 5.24. The molecule has 2 atom stereocenters. The van der Waals surface area contributed by atoms with Crippen molar-refractivity contribution in [1.82, 2.24) is 10.2 Å². The molecule has 0 aliphatic carbocycles. The summed E-state index contributed by atoms with van der Waals surface area (Å²) in [6.07, 6.45) is 2.57. The molecule has 182 valence electrons. The van der Waals surface area contributed by atoms with Crippen molar-refractivity contribution in [2.75, 3.05) is 42.5 Å². The van der Waals surface area contributed by atoms with E-state index in [9.17, 15) is 24.0 Å². The number of benzene rings is 1. The van der Waals surface area contributed by atoms with Crippen molar-refractivity contribution in [3.05, 3.63) is 24.0 Å². The van der Waals surface area contributed by atoms with E-state index in [0.29, 0.717) is 37.4 Å². The van der Waals surface area contributed by atoms with Crippen molar-refractivity contribution in [1.29, 1.82) is 5.26 Å². The van der Waals surface area contributed by atoms with Crippen LogP contribution in [-0.2, 0) is 14.3 Å². The van der Waals surface area contributed by atoms with Gasteiger partial charge >= 0.3 is 6.09 Å². The van der Waals surface area contributed by atoms with Gasteiger partial charge < -0.3 is 19.9 Å². The van der Waals surface area contributed by atoms with Crippen LogP contribution in [0.5, 0.6) is 0 Å². The van der Waals surface area contributed by atoms with E-state index in [1.54, 1.807) is 17.0 Å². The lowest BCUT2D eigenvalue weighted by molar-refractivity contribution is -0.132. The zero-order valence-corrected chi connectivity index (χ0v) is 19.3. The molecule has 34 heavy (non-hydrogen) atoms. The number of nitriles is 1. The minimum Gasteiger partial charge on any atom is -0.442 e. The fourth-order valence-electron chi connectivity index (χ4n) is 4.96. The van der Waals surface area contributed by atoms with Gasteiger partial charge in [0, 0.05) is 33.0 Å². The van der Waals surface area contributed by atoms with Gasteiger partial charge in [0.05, 0.1) is 30.5 Å². The fourth-order valence-corrected chi connectivity index (χ4v) is 4.96. The van der Waals surface area contributed by atoms with Crippen molar-refractivity contribution in [2.24, 2.45) is 5.92 Å². The Morgan fingerprint density at radius 1 is 1.24 bits per heavy atom. The molecule has 3 heterocycles. The lowest BCUT2D eigenvalue weighted by atomic mass is 9.92. The Balaban J connectivity index is 1.31. The largest absolute Gasteiger partial charge is 0.442 e. The highest BCUT2D eigenvalue weighted by molar-refractivity contribution is 5.90. The van der Waals surface area contributed by atoms with Crippen LogP contribution in [0, 0.1) is 23.1 Å². The smallest absolute Gasteiger partial charge is 0.414 e. The molecule has 0 bridgehead atoms. The Kier molecular flexibility index (Phi) is 7.20. The topological polar surface area (TPSA) is 106 Å². The summed E-state index contributed by atoms with van der Waals surface area (Å²) in [5.41, 5.74) is 0.884. The normalized spacial score (nSPS) is 23.1. The van der Waals surface area contributed by atoms with Crippen molar-refractivity contribution < 1.29 is 23.5 Å². The quantitative estimate of drug-likeness (QED) is 0.683. The Labute approximate surface area is 198 Å². The van der Waals surface area contributed by atoms with Crippen molar-refractivity contribution in [3.8, 4) is 6.07 Å². The van der Waals surface area contributed by atoms with Gasteiger partial charge in [0.2, 0.25) is 11.8 Å². The maximum Gasteiger partial charge on any atom is 0.414 e. The van der Waals surface area contributed by atoms with Gasteiger partial charge in [0.25, 0.3) is 0 Å². The number of likely N-dealkylation sites (tertiary alicyclic amines) is 1. The number of carbonyl (C=O) groups is 3. The summed E-state index contributed by atoms with van der Waals surface area (Å²) in [5.74, 6) is -0.349. The lowest BCUT2D eigenvalue weighted by Crippen LogP contribution is -2.39. The van der Waals surface area contributed by atoms with Crippen molar-refractivity contribution in [3.63, 3.8) is 0 Å². The average Bonchev–Trinajstić information content (AvgIpc) is 3.44. The lowest BCUT2D eigenvalue weighted by Gasteiger charge is -2.34. The molecule has 3 aliphatic heterocycles. The van der Waals surface area contributed by atoms with E-state index in [1.807, 2.05) is 4.90 Å². The predicted octanol–water partition coefficient (Wildman–Crippen LogP) is 2.41. The summed E-state index contributed by atoms with van der Waals surface area (Å²) in [6, 6.07) is 6.62. The number of hydrogen-bond donors (Lipinski definition) is 1. The first kappa shape index (κ1) is 23.8. The highest BCUT2D eigenvalue weighted by Crippen LogP contribution is 2.31. The van der Waals surface area contributed by atoms with E-state index >= 15 is 0 Å². The maximum atomic E-state index is 15.0. The summed E-state index contributed by atoms with van der Waals surface area (Å²) in [4.78, 5) is 40.9.